The Balaban J connectivity index is 1.46. The van der Waals surface area contributed by atoms with E-state index in [1.54, 1.807) is 12.4 Å². The van der Waals surface area contributed by atoms with Gasteiger partial charge in [-0.1, -0.05) is 12.1 Å². The average molecular weight is 340 g/mol. The molecule has 2 heterocycles. The largest absolute Gasteiger partial charge is 0.494 e. The number of rotatable bonds is 6. The molecule has 0 saturated carbocycles. The van der Waals surface area contributed by atoms with Gasteiger partial charge in [0.15, 0.2) is 0 Å². The molecule has 1 aromatic heterocycles. The number of carbonyl (C=O) groups excluding carboxylic acids is 1. The topological polar surface area (TPSA) is 51.7 Å². The lowest BCUT2D eigenvalue weighted by molar-refractivity contribution is -0.132. The minimum atomic E-state index is 0.152. The molecule has 25 heavy (non-hydrogen) atoms. The van der Waals surface area contributed by atoms with Gasteiger partial charge in [0.05, 0.1) is 19.2 Å². The summed E-state index contributed by atoms with van der Waals surface area (Å²) in [5.74, 6) is 1.80. The molecule has 0 aliphatic carbocycles. The second-order valence-corrected chi connectivity index (χ2v) is 6.14. The number of amides is 1. The van der Waals surface area contributed by atoms with Crippen LogP contribution in [0.2, 0.25) is 0 Å². The zero-order valence-electron chi connectivity index (χ0n) is 14.6. The van der Waals surface area contributed by atoms with Gasteiger partial charge in [-0.3, -0.25) is 9.78 Å². The van der Waals surface area contributed by atoms with Gasteiger partial charge in [0.2, 0.25) is 5.91 Å². The van der Waals surface area contributed by atoms with Gasteiger partial charge in [0.25, 0.3) is 0 Å². The number of aromatic nitrogens is 1. The van der Waals surface area contributed by atoms with E-state index in [-0.39, 0.29) is 12.0 Å². The van der Waals surface area contributed by atoms with E-state index in [0.29, 0.717) is 13.0 Å². The average Bonchev–Trinajstić information content (AvgIpc) is 2.65. The van der Waals surface area contributed by atoms with Crippen molar-refractivity contribution in [3.63, 3.8) is 0 Å². The van der Waals surface area contributed by atoms with Gasteiger partial charge < -0.3 is 14.4 Å². The molecular formula is C20H24N2O3. The van der Waals surface area contributed by atoms with E-state index in [2.05, 4.69) is 4.98 Å². The third-order valence-corrected chi connectivity index (χ3v) is 4.32. The molecule has 0 N–H and O–H groups in total. The summed E-state index contributed by atoms with van der Waals surface area (Å²) < 4.78 is 11.4. The lowest BCUT2D eigenvalue weighted by Gasteiger charge is -2.32. The van der Waals surface area contributed by atoms with Crippen molar-refractivity contribution in [3.05, 3.63) is 54.4 Å². The standard InChI is InChI=1S/C20H24N2O3/c1-2-24-17-7-5-16(6-8-17)14-20(23)22-12-9-18(10-13-22)25-19-4-3-11-21-15-19/h3-8,11,15,18H,2,9-10,12-14H2,1H3. The number of hydrogen-bond acceptors (Lipinski definition) is 4. The molecule has 1 amide bonds. The van der Waals surface area contributed by atoms with Crippen molar-refractivity contribution in [1.29, 1.82) is 0 Å². The summed E-state index contributed by atoms with van der Waals surface area (Å²) in [6, 6.07) is 11.5. The van der Waals surface area contributed by atoms with E-state index < -0.39 is 0 Å². The number of ether oxygens (including phenoxy) is 2. The van der Waals surface area contributed by atoms with Crippen LogP contribution in [-0.2, 0) is 11.2 Å². The normalized spacial score (nSPS) is 15.0. The number of hydrogen-bond donors (Lipinski definition) is 0. The van der Waals surface area contributed by atoms with Gasteiger partial charge in [-0.05, 0) is 36.8 Å². The maximum absolute atomic E-state index is 12.5. The van der Waals surface area contributed by atoms with E-state index in [1.165, 1.54) is 0 Å². The summed E-state index contributed by atoms with van der Waals surface area (Å²) in [6.45, 7) is 4.08. The fourth-order valence-electron chi connectivity index (χ4n) is 2.99. The maximum atomic E-state index is 12.5. The third kappa shape index (κ3) is 4.95. The van der Waals surface area contributed by atoms with Crippen LogP contribution < -0.4 is 9.47 Å². The number of benzene rings is 1. The van der Waals surface area contributed by atoms with Crippen molar-refractivity contribution < 1.29 is 14.3 Å². The Hall–Kier alpha value is -2.56. The van der Waals surface area contributed by atoms with Gasteiger partial charge in [-0.15, -0.1) is 0 Å². The maximum Gasteiger partial charge on any atom is 0.226 e. The van der Waals surface area contributed by atoms with E-state index in [0.717, 1.165) is 43.0 Å². The molecule has 0 radical (unpaired) electrons. The molecule has 1 fully saturated rings. The van der Waals surface area contributed by atoms with E-state index >= 15 is 0 Å². The van der Waals surface area contributed by atoms with Gasteiger partial charge in [-0.2, -0.15) is 0 Å². The first kappa shape index (κ1) is 17.3. The highest BCUT2D eigenvalue weighted by Gasteiger charge is 2.24. The van der Waals surface area contributed by atoms with E-state index in [9.17, 15) is 4.79 Å². The Morgan fingerprint density at radius 3 is 2.56 bits per heavy atom. The van der Waals surface area contributed by atoms with Crippen LogP contribution in [0.3, 0.4) is 0 Å². The molecule has 0 atom stereocenters. The third-order valence-electron chi connectivity index (χ3n) is 4.32. The number of pyridine rings is 1. The van der Waals surface area contributed by atoms with Crippen molar-refractivity contribution in [2.45, 2.75) is 32.3 Å². The fourth-order valence-corrected chi connectivity index (χ4v) is 2.99. The van der Waals surface area contributed by atoms with E-state index in [1.807, 2.05) is 48.2 Å². The first-order chi connectivity index (χ1) is 12.2. The fraction of sp³-hybridized carbons (Fsp3) is 0.400. The molecule has 0 unspecified atom stereocenters. The summed E-state index contributed by atoms with van der Waals surface area (Å²) in [5, 5.41) is 0. The monoisotopic (exact) mass is 340 g/mol. The molecule has 5 heteroatoms. The second-order valence-electron chi connectivity index (χ2n) is 6.14. The summed E-state index contributed by atoms with van der Waals surface area (Å²) in [4.78, 5) is 18.5. The molecule has 0 bridgehead atoms. The lowest BCUT2D eigenvalue weighted by atomic mass is 10.1. The van der Waals surface area contributed by atoms with Crippen molar-refractivity contribution in [1.82, 2.24) is 9.88 Å². The van der Waals surface area contributed by atoms with Crippen molar-refractivity contribution in [3.8, 4) is 11.5 Å². The molecule has 2 aromatic rings. The minimum Gasteiger partial charge on any atom is -0.494 e. The van der Waals surface area contributed by atoms with Crippen LogP contribution in [0.1, 0.15) is 25.3 Å². The Kier molecular flexibility index (Phi) is 5.88. The zero-order chi connectivity index (χ0) is 17.5. The predicted octanol–water partition coefficient (Wildman–Crippen LogP) is 3.09. The number of nitrogens with zero attached hydrogens (tertiary/aromatic N) is 2. The van der Waals surface area contributed by atoms with Crippen molar-refractivity contribution in [2.75, 3.05) is 19.7 Å². The minimum absolute atomic E-state index is 0.152. The highest BCUT2D eigenvalue weighted by atomic mass is 16.5. The summed E-state index contributed by atoms with van der Waals surface area (Å²) >= 11 is 0. The van der Waals surface area contributed by atoms with Crippen LogP contribution in [0.4, 0.5) is 0 Å². The van der Waals surface area contributed by atoms with Crippen LogP contribution >= 0.6 is 0 Å². The molecule has 3 rings (SSSR count). The van der Waals surface area contributed by atoms with Crippen LogP contribution in [0, 0.1) is 0 Å². The van der Waals surface area contributed by atoms with Crippen molar-refractivity contribution >= 4 is 5.91 Å². The smallest absolute Gasteiger partial charge is 0.226 e. The first-order valence-electron chi connectivity index (χ1n) is 8.81. The second kappa shape index (κ2) is 8.51. The van der Waals surface area contributed by atoms with Crippen LogP contribution in [0.15, 0.2) is 48.8 Å². The van der Waals surface area contributed by atoms with Crippen LogP contribution in [0.5, 0.6) is 11.5 Å². The highest BCUT2D eigenvalue weighted by molar-refractivity contribution is 5.78. The van der Waals surface area contributed by atoms with Gasteiger partial charge in [-0.25, -0.2) is 0 Å². The Morgan fingerprint density at radius 2 is 1.92 bits per heavy atom. The summed E-state index contributed by atoms with van der Waals surface area (Å²) in [5.41, 5.74) is 1.02. The Labute approximate surface area is 148 Å². The van der Waals surface area contributed by atoms with Crippen molar-refractivity contribution in [2.24, 2.45) is 0 Å². The number of likely N-dealkylation sites (tertiary alicyclic amines) is 1. The van der Waals surface area contributed by atoms with E-state index in [4.69, 9.17) is 9.47 Å². The van der Waals surface area contributed by atoms with Gasteiger partial charge >= 0.3 is 0 Å². The van der Waals surface area contributed by atoms with Gasteiger partial charge in [0.1, 0.15) is 17.6 Å². The molecule has 5 nitrogen and oxygen atoms in total. The number of carbonyl (C=O) groups is 1. The Bertz CT molecular complexity index is 665. The molecule has 1 aliphatic rings. The zero-order valence-corrected chi connectivity index (χ0v) is 14.6. The molecule has 0 spiro atoms. The lowest BCUT2D eigenvalue weighted by Crippen LogP contribution is -2.42. The SMILES string of the molecule is CCOc1ccc(CC(=O)N2CCC(Oc3cccnc3)CC2)cc1. The molecule has 132 valence electrons. The van der Waals surface area contributed by atoms with Crippen LogP contribution in [-0.4, -0.2) is 41.6 Å². The summed E-state index contributed by atoms with van der Waals surface area (Å²) in [7, 11) is 0. The van der Waals surface area contributed by atoms with Crippen LogP contribution in [0.25, 0.3) is 0 Å². The predicted molar refractivity (Wildman–Crippen MR) is 95.8 cm³/mol. The van der Waals surface area contributed by atoms with Gasteiger partial charge in [0, 0.05) is 32.1 Å². The first-order valence-corrected chi connectivity index (χ1v) is 8.81. The Morgan fingerprint density at radius 1 is 1.16 bits per heavy atom. The molecule has 1 aliphatic heterocycles. The molecular weight excluding hydrogens is 316 g/mol. The summed E-state index contributed by atoms with van der Waals surface area (Å²) in [6.07, 6.45) is 5.74. The molecule has 1 aromatic carbocycles. The number of piperidine rings is 1. The highest BCUT2D eigenvalue weighted by Crippen LogP contribution is 2.19. The molecule has 1 saturated heterocycles. The quantitative estimate of drug-likeness (QED) is 0.811.